The molecule has 3 saturated heterocycles. The Balaban J connectivity index is 1.01. The van der Waals surface area contributed by atoms with Crippen LogP contribution in [-0.4, -0.2) is 65.0 Å². The van der Waals surface area contributed by atoms with Gasteiger partial charge in [-0.1, -0.05) is 0 Å². The zero-order valence-electron chi connectivity index (χ0n) is 23.2. The highest BCUT2D eigenvalue weighted by molar-refractivity contribution is 7.16. The van der Waals surface area contributed by atoms with E-state index in [-0.39, 0.29) is 36.1 Å². The van der Waals surface area contributed by atoms with Crippen LogP contribution in [0.2, 0.25) is 0 Å². The number of aliphatic hydroxyl groups is 1. The predicted molar refractivity (Wildman–Crippen MR) is 153 cm³/mol. The van der Waals surface area contributed by atoms with Gasteiger partial charge in [0.25, 0.3) is 5.91 Å². The zero-order chi connectivity index (χ0) is 30.1. The highest BCUT2D eigenvalue weighted by atomic mass is 32.1. The first-order valence-corrected chi connectivity index (χ1v) is 15.4. The van der Waals surface area contributed by atoms with Crippen molar-refractivity contribution in [2.45, 2.75) is 57.0 Å². The topological polar surface area (TPSA) is 120 Å². The SMILES string of the molecule is Cc1nc(C)c(-c2csc(Nc3ccc(C(=O)N4C56CN(c7nc(C(C)O)ncc7C(F)(F)F)C[C@]47CC57C6)cn3)n2)s1. The lowest BCUT2D eigenvalue weighted by Crippen LogP contribution is -2.73. The van der Waals surface area contributed by atoms with Crippen LogP contribution in [-0.2, 0) is 6.18 Å². The van der Waals surface area contributed by atoms with Crippen molar-refractivity contribution in [3.63, 3.8) is 0 Å². The number of fused-ring (bicyclic) bond motifs is 2. The van der Waals surface area contributed by atoms with Gasteiger partial charge in [0, 0.05) is 36.3 Å². The van der Waals surface area contributed by atoms with Crippen molar-refractivity contribution in [2.24, 2.45) is 5.41 Å². The van der Waals surface area contributed by atoms with Gasteiger partial charge in [-0.15, -0.1) is 22.7 Å². The summed E-state index contributed by atoms with van der Waals surface area (Å²) in [5.41, 5.74) is 0.212. The van der Waals surface area contributed by atoms with Crippen LogP contribution in [0.5, 0.6) is 0 Å². The third kappa shape index (κ3) is 3.61. The number of carbonyl (C=O) groups is 1. The van der Waals surface area contributed by atoms with Gasteiger partial charge in [-0.05, 0) is 45.7 Å². The summed E-state index contributed by atoms with van der Waals surface area (Å²) in [6.07, 6.45) is -1.96. The summed E-state index contributed by atoms with van der Waals surface area (Å²) in [4.78, 5) is 39.7. The lowest BCUT2D eigenvalue weighted by atomic mass is 9.86. The molecular formula is C28H25F3N8O2S2. The lowest BCUT2D eigenvalue weighted by Gasteiger charge is -2.56. The van der Waals surface area contributed by atoms with Gasteiger partial charge in [0.2, 0.25) is 0 Å². The van der Waals surface area contributed by atoms with Crippen LogP contribution in [0.4, 0.5) is 29.9 Å². The number of nitrogens with one attached hydrogen (secondary N) is 1. The summed E-state index contributed by atoms with van der Waals surface area (Å²) in [6.45, 7) is 5.83. The maximum absolute atomic E-state index is 13.9. The van der Waals surface area contributed by atoms with Gasteiger partial charge in [-0.2, -0.15) is 13.2 Å². The van der Waals surface area contributed by atoms with Gasteiger partial charge in [-0.25, -0.2) is 24.9 Å². The number of halogens is 3. The summed E-state index contributed by atoms with van der Waals surface area (Å²) >= 11 is 3.05. The van der Waals surface area contributed by atoms with Crippen molar-refractivity contribution < 1.29 is 23.1 Å². The Morgan fingerprint density at radius 3 is 2.44 bits per heavy atom. The summed E-state index contributed by atoms with van der Waals surface area (Å²) in [5.74, 6) is 0.0797. The van der Waals surface area contributed by atoms with Crippen LogP contribution in [0.25, 0.3) is 10.6 Å². The first kappa shape index (κ1) is 26.9. The predicted octanol–water partition coefficient (Wildman–Crippen LogP) is 5.13. The fraction of sp³-hybridized carbons (Fsp3) is 0.429. The number of alkyl halides is 3. The molecule has 2 N–H and O–H groups in total. The van der Waals surface area contributed by atoms with Crippen LogP contribution >= 0.6 is 22.7 Å². The smallest absolute Gasteiger partial charge is 0.385 e. The minimum absolute atomic E-state index is 0.0167. The van der Waals surface area contributed by atoms with E-state index in [0.717, 1.165) is 40.3 Å². The van der Waals surface area contributed by atoms with E-state index in [1.165, 1.54) is 24.5 Å². The molecule has 7 heterocycles. The molecule has 5 aliphatic rings. The fourth-order valence-corrected chi connectivity index (χ4v) is 9.19. The van der Waals surface area contributed by atoms with E-state index < -0.39 is 28.9 Å². The minimum atomic E-state index is -4.65. The quantitative estimate of drug-likeness (QED) is 0.300. The third-order valence-electron chi connectivity index (χ3n) is 9.34. The molecule has 3 unspecified atom stereocenters. The van der Waals surface area contributed by atoms with Crippen LogP contribution in [0.15, 0.2) is 29.9 Å². The number of amides is 1. The van der Waals surface area contributed by atoms with E-state index in [0.29, 0.717) is 16.5 Å². The second-order valence-electron chi connectivity index (χ2n) is 11.9. The molecule has 10 nitrogen and oxygen atoms in total. The number of piperazine rings is 1. The lowest BCUT2D eigenvalue weighted by molar-refractivity contribution is -0.137. The summed E-state index contributed by atoms with van der Waals surface area (Å²) < 4.78 is 41.7. The molecule has 3 spiro atoms. The van der Waals surface area contributed by atoms with Gasteiger partial charge >= 0.3 is 6.18 Å². The Kier molecular flexibility index (Phi) is 5.30. The average Bonchev–Trinajstić information content (AvgIpc) is 3.49. The summed E-state index contributed by atoms with van der Waals surface area (Å²) in [5, 5.41) is 16.7. The van der Waals surface area contributed by atoms with Crippen molar-refractivity contribution >= 4 is 45.3 Å². The molecule has 222 valence electrons. The highest BCUT2D eigenvalue weighted by Crippen LogP contribution is 2.94. The highest BCUT2D eigenvalue weighted by Gasteiger charge is 3.03. The van der Waals surface area contributed by atoms with Crippen LogP contribution < -0.4 is 10.2 Å². The molecule has 0 aromatic carbocycles. The Morgan fingerprint density at radius 1 is 1.09 bits per heavy atom. The van der Waals surface area contributed by atoms with Gasteiger partial charge in [0.05, 0.1) is 37.9 Å². The van der Waals surface area contributed by atoms with Crippen molar-refractivity contribution in [1.82, 2.24) is 29.8 Å². The van der Waals surface area contributed by atoms with E-state index in [1.807, 2.05) is 24.1 Å². The van der Waals surface area contributed by atoms with Gasteiger partial charge in [-0.3, -0.25) is 4.79 Å². The van der Waals surface area contributed by atoms with Crippen molar-refractivity contribution in [3.05, 3.63) is 57.6 Å². The fourth-order valence-electron chi connectivity index (χ4n) is 7.53. The van der Waals surface area contributed by atoms with Crippen molar-refractivity contribution in [2.75, 3.05) is 23.3 Å². The number of piperidine rings is 2. The number of aromatic nitrogens is 5. The molecule has 4 aromatic heterocycles. The van der Waals surface area contributed by atoms with Gasteiger partial charge < -0.3 is 20.2 Å². The molecule has 4 aromatic rings. The molecule has 1 amide bonds. The van der Waals surface area contributed by atoms with E-state index in [2.05, 4.69) is 30.2 Å². The molecule has 15 heteroatoms. The molecule has 5 fully saturated rings. The summed E-state index contributed by atoms with van der Waals surface area (Å²) in [6, 6.07) is 3.45. The number of hydrogen-bond donors (Lipinski definition) is 2. The van der Waals surface area contributed by atoms with E-state index in [1.54, 1.807) is 28.4 Å². The average molecular weight is 627 g/mol. The molecule has 2 bridgehead atoms. The maximum atomic E-state index is 13.9. The number of aryl methyl sites for hydroxylation is 2. The number of nitrogens with zero attached hydrogens (tertiary/aromatic N) is 7. The van der Waals surface area contributed by atoms with Gasteiger partial charge in [0.15, 0.2) is 11.0 Å². The molecule has 2 saturated carbocycles. The Bertz CT molecular complexity index is 1800. The largest absolute Gasteiger partial charge is 0.421 e. The van der Waals surface area contributed by atoms with Crippen LogP contribution in [0, 0.1) is 19.3 Å². The number of pyridine rings is 1. The molecule has 2 aliphatic carbocycles. The Labute approximate surface area is 251 Å². The normalized spacial score (nSPS) is 27.2. The minimum Gasteiger partial charge on any atom is -0.385 e. The number of rotatable bonds is 6. The molecule has 4 atom stereocenters. The molecular weight excluding hydrogens is 601 g/mol. The van der Waals surface area contributed by atoms with E-state index in [9.17, 15) is 23.1 Å². The molecule has 0 radical (unpaired) electrons. The van der Waals surface area contributed by atoms with Crippen molar-refractivity contribution in [3.8, 4) is 10.6 Å². The molecule has 9 rings (SSSR count). The number of thiazole rings is 2. The van der Waals surface area contributed by atoms with Crippen LogP contribution in [0.3, 0.4) is 0 Å². The van der Waals surface area contributed by atoms with Crippen LogP contribution in [0.1, 0.15) is 58.3 Å². The Morgan fingerprint density at radius 2 is 1.84 bits per heavy atom. The van der Waals surface area contributed by atoms with E-state index in [4.69, 9.17) is 0 Å². The maximum Gasteiger partial charge on any atom is 0.421 e. The summed E-state index contributed by atoms with van der Waals surface area (Å²) in [7, 11) is 0. The second-order valence-corrected chi connectivity index (χ2v) is 13.9. The molecule has 43 heavy (non-hydrogen) atoms. The number of anilines is 3. The first-order valence-electron chi connectivity index (χ1n) is 13.7. The number of carbonyl (C=O) groups excluding carboxylic acids is 1. The monoisotopic (exact) mass is 626 g/mol. The number of hydrogen-bond acceptors (Lipinski definition) is 11. The van der Waals surface area contributed by atoms with Gasteiger partial charge in [0.1, 0.15) is 23.3 Å². The van der Waals surface area contributed by atoms with E-state index >= 15 is 0 Å². The zero-order valence-corrected chi connectivity index (χ0v) is 24.9. The number of aliphatic hydroxyl groups excluding tert-OH is 1. The third-order valence-corrected chi connectivity index (χ3v) is 11.2. The Hall–Kier alpha value is -3.69. The second kappa shape index (κ2) is 8.48. The standard InChI is InChI=1S/C28H25F3N8O2S2/c1-13-20(43-15(3)34-13)18-8-42-24(35-18)36-19-5-4-16(6-32-19)23(41)39-26-9-25(26)10-27(25,39)12-38(11-26)22-17(28(29,30)31)7-33-21(37-22)14(2)40/h4-8,14,40H,9-12H2,1-3H3,(H,32,35,36)/t14?,25?,26-,27?/m0/s1. The molecule has 3 aliphatic heterocycles. The first-order chi connectivity index (χ1) is 20.4. The van der Waals surface area contributed by atoms with Crippen molar-refractivity contribution in [1.29, 1.82) is 0 Å².